The van der Waals surface area contributed by atoms with Gasteiger partial charge in [-0.1, -0.05) is 0 Å². The molecule has 0 unspecified atom stereocenters. The van der Waals surface area contributed by atoms with Gasteiger partial charge in [-0.05, 0) is 51.7 Å². The van der Waals surface area contributed by atoms with E-state index in [1.54, 1.807) is 25.7 Å². The molecule has 1 amide bonds. The van der Waals surface area contributed by atoms with Crippen LogP contribution in [0.3, 0.4) is 0 Å². The van der Waals surface area contributed by atoms with Crippen LogP contribution < -0.4 is 10.1 Å². The van der Waals surface area contributed by atoms with Crippen LogP contribution in [-0.4, -0.2) is 51.2 Å². The van der Waals surface area contributed by atoms with Crippen LogP contribution in [0.25, 0.3) is 10.9 Å². The number of nitro groups is 1. The summed E-state index contributed by atoms with van der Waals surface area (Å²) in [5.74, 6) is -4.46. The second-order valence-electron chi connectivity index (χ2n) is 9.89. The number of likely N-dealkylation sites (tertiary alicyclic amines) is 1. The maximum Gasteiger partial charge on any atom is 0.410 e. The number of nitrogens with zero attached hydrogens (tertiary/aromatic N) is 4. The van der Waals surface area contributed by atoms with E-state index in [2.05, 4.69) is 15.3 Å². The number of nitro benzene ring substituents is 1. The lowest BCUT2D eigenvalue weighted by molar-refractivity contribution is -0.385. The van der Waals surface area contributed by atoms with Crippen molar-refractivity contribution in [1.82, 2.24) is 14.9 Å². The van der Waals surface area contributed by atoms with Crippen molar-refractivity contribution >= 4 is 34.2 Å². The fourth-order valence-corrected chi connectivity index (χ4v) is 4.00. The fraction of sp³-hybridized carbons (Fsp3) is 0.400. The van der Waals surface area contributed by atoms with Crippen molar-refractivity contribution < 1.29 is 32.4 Å². The maximum atomic E-state index is 14.2. The number of amides is 1. The van der Waals surface area contributed by atoms with Gasteiger partial charge in [-0.3, -0.25) is 10.1 Å². The van der Waals surface area contributed by atoms with Crippen molar-refractivity contribution in [2.45, 2.75) is 39.2 Å². The molecule has 0 radical (unpaired) electrons. The topological polar surface area (TPSA) is 120 Å². The van der Waals surface area contributed by atoms with Gasteiger partial charge in [0.2, 0.25) is 0 Å². The van der Waals surface area contributed by atoms with Gasteiger partial charge in [0.05, 0.1) is 28.1 Å². The Bertz CT molecular complexity index is 1370. The summed E-state index contributed by atoms with van der Waals surface area (Å²) >= 11 is 0. The number of carbonyl (C=O) groups is 1. The maximum absolute atomic E-state index is 14.2. The molecule has 0 saturated carbocycles. The molecule has 1 fully saturated rings. The average molecular weight is 534 g/mol. The number of ether oxygens (including phenoxy) is 2. The highest BCUT2D eigenvalue weighted by Crippen LogP contribution is 2.36. The molecule has 0 spiro atoms. The van der Waals surface area contributed by atoms with Gasteiger partial charge in [-0.2, -0.15) is 0 Å². The molecule has 1 aliphatic heterocycles. The van der Waals surface area contributed by atoms with Gasteiger partial charge in [0.1, 0.15) is 17.7 Å². The molecule has 4 rings (SSSR count). The number of benzene rings is 2. The Morgan fingerprint density at radius 2 is 1.87 bits per heavy atom. The van der Waals surface area contributed by atoms with Gasteiger partial charge in [-0.25, -0.2) is 27.9 Å². The van der Waals surface area contributed by atoms with E-state index in [0.29, 0.717) is 25.9 Å². The van der Waals surface area contributed by atoms with Crippen molar-refractivity contribution in [3.8, 4) is 5.75 Å². The predicted molar refractivity (Wildman–Crippen MR) is 132 cm³/mol. The Morgan fingerprint density at radius 3 is 2.53 bits per heavy atom. The van der Waals surface area contributed by atoms with Crippen molar-refractivity contribution in [1.29, 1.82) is 0 Å². The third-order valence-corrected chi connectivity index (χ3v) is 5.94. The van der Waals surface area contributed by atoms with E-state index < -0.39 is 33.7 Å². The SMILES string of the molecule is CC(C)(C)OC(=O)N1CCC(COc2cc3ncnc(Nc4ccc(F)c(F)c4F)c3cc2[N+](=O)[O-])CC1. The summed E-state index contributed by atoms with van der Waals surface area (Å²) in [4.78, 5) is 33.2. The molecule has 0 atom stereocenters. The minimum Gasteiger partial charge on any atom is -0.486 e. The highest BCUT2D eigenvalue weighted by molar-refractivity contribution is 5.93. The molecule has 38 heavy (non-hydrogen) atoms. The first kappa shape index (κ1) is 26.9. The number of fused-ring (bicyclic) bond motifs is 1. The Balaban J connectivity index is 1.49. The lowest BCUT2D eigenvalue weighted by atomic mass is 9.98. The smallest absolute Gasteiger partial charge is 0.410 e. The number of rotatable bonds is 6. The molecule has 1 saturated heterocycles. The molecule has 10 nitrogen and oxygen atoms in total. The standard InChI is InChI=1S/C25H26F3N5O5/c1-25(2,3)38-24(34)32-8-6-14(7-9-32)12-37-20-11-18-15(10-19(20)33(35)36)23(30-13-29-18)31-17-5-4-16(26)21(27)22(17)28/h4-5,10-11,13-14H,6-9,12H2,1-3H3,(H,29,30,31). The second-order valence-corrected chi connectivity index (χ2v) is 9.89. The molecule has 1 N–H and O–H groups in total. The highest BCUT2D eigenvalue weighted by atomic mass is 19.2. The van der Waals surface area contributed by atoms with Gasteiger partial charge >= 0.3 is 11.8 Å². The van der Waals surface area contributed by atoms with Crippen molar-refractivity contribution in [3.05, 3.63) is 58.2 Å². The second kappa shape index (κ2) is 10.7. The van der Waals surface area contributed by atoms with E-state index in [4.69, 9.17) is 9.47 Å². The van der Waals surface area contributed by atoms with Crippen molar-refractivity contribution in [3.63, 3.8) is 0 Å². The van der Waals surface area contributed by atoms with E-state index in [0.717, 1.165) is 18.5 Å². The zero-order chi connectivity index (χ0) is 27.6. The van der Waals surface area contributed by atoms with Gasteiger partial charge in [0, 0.05) is 25.2 Å². The summed E-state index contributed by atoms with van der Waals surface area (Å²) in [6.45, 7) is 6.54. The minimum absolute atomic E-state index is 0.0132. The van der Waals surface area contributed by atoms with Crippen LogP contribution in [0.2, 0.25) is 0 Å². The van der Waals surface area contributed by atoms with E-state index in [9.17, 15) is 28.1 Å². The lowest BCUT2D eigenvalue weighted by Crippen LogP contribution is -2.42. The van der Waals surface area contributed by atoms with Crippen LogP contribution in [-0.2, 0) is 4.74 Å². The number of nitrogens with one attached hydrogen (secondary N) is 1. The Morgan fingerprint density at radius 1 is 1.16 bits per heavy atom. The minimum atomic E-state index is -1.66. The molecule has 2 aromatic carbocycles. The first-order chi connectivity index (χ1) is 17.9. The van der Waals surface area contributed by atoms with Crippen LogP contribution in [0.1, 0.15) is 33.6 Å². The number of carbonyl (C=O) groups excluding carboxylic acids is 1. The van der Waals surface area contributed by atoms with Crippen LogP contribution >= 0.6 is 0 Å². The molecule has 0 bridgehead atoms. The Labute approximate surface area is 215 Å². The third kappa shape index (κ3) is 6.03. The highest BCUT2D eigenvalue weighted by Gasteiger charge is 2.28. The molecule has 202 valence electrons. The van der Waals surface area contributed by atoms with E-state index in [1.807, 2.05) is 0 Å². The van der Waals surface area contributed by atoms with Crippen LogP contribution in [0.4, 0.5) is 35.2 Å². The molecule has 2 heterocycles. The zero-order valence-corrected chi connectivity index (χ0v) is 21.0. The largest absolute Gasteiger partial charge is 0.486 e. The first-order valence-electron chi connectivity index (χ1n) is 11.9. The fourth-order valence-electron chi connectivity index (χ4n) is 4.00. The normalized spacial score (nSPS) is 14.4. The number of halogens is 3. The molecule has 13 heteroatoms. The van der Waals surface area contributed by atoms with Crippen LogP contribution in [0.15, 0.2) is 30.6 Å². The summed E-state index contributed by atoms with van der Waals surface area (Å²) in [5.41, 5.74) is -1.10. The third-order valence-electron chi connectivity index (χ3n) is 5.94. The first-order valence-corrected chi connectivity index (χ1v) is 11.9. The van der Waals surface area contributed by atoms with E-state index in [1.165, 1.54) is 12.1 Å². The number of hydrogen-bond donors (Lipinski definition) is 1. The van der Waals surface area contributed by atoms with Gasteiger partial charge in [0.25, 0.3) is 0 Å². The van der Waals surface area contributed by atoms with Crippen molar-refractivity contribution in [2.24, 2.45) is 5.92 Å². The summed E-state index contributed by atoms with van der Waals surface area (Å²) < 4.78 is 52.3. The molecular formula is C25H26F3N5O5. The van der Waals surface area contributed by atoms with E-state index in [-0.39, 0.29) is 46.8 Å². The van der Waals surface area contributed by atoms with Crippen LogP contribution in [0.5, 0.6) is 5.75 Å². The summed E-state index contributed by atoms with van der Waals surface area (Å²) in [6.07, 6.45) is 2.03. The predicted octanol–water partition coefficient (Wildman–Crippen LogP) is 5.72. The molecule has 1 aliphatic rings. The number of aromatic nitrogens is 2. The summed E-state index contributed by atoms with van der Waals surface area (Å²) in [7, 11) is 0. The molecule has 3 aromatic rings. The quantitative estimate of drug-likeness (QED) is 0.243. The molecular weight excluding hydrogens is 507 g/mol. The zero-order valence-electron chi connectivity index (χ0n) is 21.0. The van der Waals surface area contributed by atoms with Crippen LogP contribution in [0, 0.1) is 33.5 Å². The van der Waals surface area contributed by atoms with Gasteiger partial charge in [-0.15, -0.1) is 0 Å². The molecule has 0 aliphatic carbocycles. The van der Waals surface area contributed by atoms with E-state index >= 15 is 0 Å². The average Bonchev–Trinajstić information content (AvgIpc) is 2.86. The molecule has 1 aromatic heterocycles. The summed E-state index contributed by atoms with van der Waals surface area (Å²) in [5, 5.41) is 14.5. The lowest BCUT2D eigenvalue weighted by Gasteiger charge is -2.33. The monoisotopic (exact) mass is 533 g/mol. The van der Waals surface area contributed by atoms with Gasteiger partial charge in [0.15, 0.2) is 23.2 Å². The van der Waals surface area contributed by atoms with Crippen molar-refractivity contribution in [2.75, 3.05) is 25.0 Å². The Hall–Kier alpha value is -4.16. The summed E-state index contributed by atoms with van der Waals surface area (Å²) in [6, 6.07) is 4.28. The Kier molecular flexibility index (Phi) is 7.56. The number of hydrogen-bond acceptors (Lipinski definition) is 8. The van der Waals surface area contributed by atoms with Gasteiger partial charge < -0.3 is 19.7 Å². The number of piperidine rings is 1. The number of anilines is 2.